The van der Waals surface area contributed by atoms with Gasteiger partial charge in [-0.3, -0.25) is 9.63 Å². The number of benzene rings is 1. The number of alkyl halides is 1. The topological polar surface area (TPSA) is 88.6 Å². The van der Waals surface area contributed by atoms with Gasteiger partial charge in [-0.05, 0) is 24.6 Å². The van der Waals surface area contributed by atoms with Crippen molar-refractivity contribution in [2.75, 3.05) is 38.4 Å². The van der Waals surface area contributed by atoms with Crippen LogP contribution < -0.4 is 20.4 Å². The molecular weight excluding hydrogens is 425 g/mol. The number of anilines is 1. The maximum absolute atomic E-state index is 15.1. The number of nitrogens with one attached hydrogen (secondary N) is 2. The highest BCUT2D eigenvalue weighted by Gasteiger charge is 2.30. The van der Waals surface area contributed by atoms with Crippen LogP contribution in [-0.2, 0) is 9.63 Å². The molecule has 2 aromatic rings. The second kappa shape index (κ2) is 9.59. The molecule has 1 aliphatic heterocycles. The lowest BCUT2D eigenvalue weighted by Crippen LogP contribution is -2.38. The highest BCUT2D eigenvalue weighted by atomic mass is 35.5. The van der Waals surface area contributed by atoms with Crippen LogP contribution >= 0.6 is 11.6 Å². The van der Waals surface area contributed by atoms with Crippen LogP contribution in [0.15, 0.2) is 46.9 Å². The van der Waals surface area contributed by atoms with E-state index in [0.717, 1.165) is 0 Å². The van der Waals surface area contributed by atoms with E-state index in [2.05, 4.69) is 20.6 Å². The van der Waals surface area contributed by atoms with Crippen molar-refractivity contribution in [2.45, 2.75) is 19.0 Å². The summed E-state index contributed by atoms with van der Waals surface area (Å²) in [4.78, 5) is 26.4. The lowest BCUT2D eigenvalue weighted by molar-refractivity contribution is -0.120. The molecular formula is C21H23ClFN5O3. The zero-order chi connectivity index (χ0) is 21.8. The number of hydrogen-bond donors (Lipinski definition) is 2. The second-order valence-electron chi connectivity index (χ2n) is 7.14. The normalized spacial score (nSPS) is 20.9. The maximum Gasteiger partial charge on any atom is 0.233 e. The molecule has 1 aromatic heterocycles. The van der Waals surface area contributed by atoms with E-state index in [9.17, 15) is 4.79 Å². The third-order valence-corrected chi connectivity index (χ3v) is 5.47. The zero-order valence-corrected chi connectivity index (χ0v) is 17.8. The van der Waals surface area contributed by atoms with E-state index < -0.39 is 6.17 Å². The summed E-state index contributed by atoms with van der Waals surface area (Å²) in [6.07, 6.45) is 2.53. The molecule has 2 aliphatic rings. The molecule has 0 saturated carbocycles. The summed E-state index contributed by atoms with van der Waals surface area (Å²) in [5.74, 6) is 0.933. The number of amides is 1. The molecule has 2 N–H and O–H groups in total. The van der Waals surface area contributed by atoms with E-state index in [1.807, 2.05) is 18.2 Å². The van der Waals surface area contributed by atoms with Crippen LogP contribution in [0.2, 0.25) is 0 Å². The van der Waals surface area contributed by atoms with E-state index >= 15 is 4.39 Å². The number of ether oxygens (including phenoxy) is 1. The van der Waals surface area contributed by atoms with Crippen LogP contribution in [0.3, 0.4) is 0 Å². The molecule has 164 valence electrons. The van der Waals surface area contributed by atoms with Gasteiger partial charge in [-0.2, -0.15) is 0 Å². The van der Waals surface area contributed by atoms with Crippen molar-refractivity contribution in [3.63, 3.8) is 0 Å². The fourth-order valence-electron chi connectivity index (χ4n) is 3.61. The van der Waals surface area contributed by atoms with Crippen LogP contribution in [0.1, 0.15) is 12.8 Å². The summed E-state index contributed by atoms with van der Waals surface area (Å²) in [5.41, 5.74) is 1.65. The number of hydrogen-bond acceptors (Lipinski definition) is 7. The average Bonchev–Trinajstić information content (AvgIpc) is 2.77. The summed E-state index contributed by atoms with van der Waals surface area (Å²) >= 11 is 6.10. The van der Waals surface area contributed by atoms with E-state index in [4.69, 9.17) is 21.2 Å². The Labute approximate surface area is 184 Å². The first-order valence-electron chi connectivity index (χ1n) is 9.99. The predicted octanol–water partition coefficient (Wildman–Crippen LogP) is 2.60. The summed E-state index contributed by atoms with van der Waals surface area (Å²) in [5, 5.41) is 8.12. The summed E-state index contributed by atoms with van der Waals surface area (Å²) in [6.45, 7) is 1.10. The van der Waals surface area contributed by atoms with Crippen LogP contribution in [0.25, 0.3) is 10.9 Å². The van der Waals surface area contributed by atoms with Gasteiger partial charge in [-0.25, -0.2) is 19.4 Å². The fourth-order valence-corrected chi connectivity index (χ4v) is 3.82. The lowest BCUT2D eigenvalue weighted by atomic mass is 9.99. The monoisotopic (exact) mass is 447 g/mol. The first-order chi connectivity index (χ1) is 15.1. The Balaban J connectivity index is 1.82. The molecule has 0 spiro atoms. The van der Waals surface area contributed by atoms with Crippen molar-refractivity contribution in [2.24, 2.45) is 0 Å². The van der Waals surface area contributed by atoms with E-state index in [1.54, 1.807) is 6.08 Å². The number of aromatic nitrogens is 2. The predicted molar refractivity (Wildman–Crippen MR) is 115 cm³/mol. The van der Waals surface area contributed by atoms with Gasteiger partial charge in [0.1, 0.15) is 12.1 Å². The highest BCUT2D eigenvalue weighted by Crippen LogP contribution is 2.36. The van der Waals surface area contributed by atoms with Gasteiger partial charge in [0.25, 0.3) is 0 Å². The number of fused-ring (bicyclic) bond motifs is 1. The Hall–Kier alpha value is -2.75. The minimum absolute atomic E-state index is 0.0511. The molecule has 31 heavy (non-hydrogen) atoms. The SMILES string of the molecule is CON1C2=C(CNCC(=O)NCCCOc3ccc4ncnc1c4c3)C(F)C(Cl)=CC2. The van der Waals surface area contributed by atoms with Crippen molar-refractivity contribution >= 4 is 34.2 Å². The van der Waals surface area contributed by atoms with Gasteiger partial charge in [0, 0.05) is 30.5 Å². The van der Waals surface area contributed by atoms with Gasteiger partial charge in [-0.15, -0.1) is 0 Å². The van der Waals surface area contributed by atoms with Crippen molar-refractivity contribution in [1.82, 2.24) is 20.6 Å². The molecule has 2 heterocycles. The number of rotatable bonds is 1. The van der Waals surface area contributed by atoms with Crippen LogP contribution in [-0.4, -0.2) is 55.4 Å². The lowest BCUT2D eigenvalue weighted by Gasteiger charge is -2.30. The first-order valence-corrected chi connectivity index (χ1v) is 10.4. The zero-order valence-electron chi connectivity index (χ0n) is 17.0. The molecule has 1 aromatic carbocycles. The number of nitrogens with zero attached hydrogens (tertiary/aromatic N) is 3. The summed E-state index contributed by atoms with van der Waals surface area (Å²) in [6, 6.07) is 5.49. The highest BCUT2D eigenvalue weighted by molar-refractivity contribution is 6.30. The Morgan fingerprint density at radius 2 is 2.19 bits per heavy atom. The number of hydroxylamine groups is 1. The van der Waals surface area contributed by atoms with Crippen molar-refractivity contribution in [3.8, 4) is 5.75 Å². The fraction of sp³-hybridized carbons (Fsp3) is 0.381. The quantitative estimate of drug-likeness (QED) is 0.694. The molecule has 8 nitrogen and oxygen atoms in total. The Kier molecular flexibility index (Phi) is 6.64. The molecule has 10 heteroatoms. The largest absolute Gasteiger partial charge is 0.494 e. The minimum Gasteiger partial charge on any atom is -0.494 e. The standard InChI is InChI=1S/C21H23ClFN5O3/c1-30-28-18-6-4-16(22)20(23)15(18)10-24-11-19(29)25-7-2-8-31-13-3-5-17-14(9-13)21(28)27-12-26-17/h3-5,9,12,20,24H,2,6-8,10-11H2,1H3,(H,25,29). The van der Waals surface area contributed by atoms with E-state index in [1.165, 1.54) is 18.5 Å². The third-order valence-electron chi connectivity index (χ3n) is 5.13. The first kappa shape index (κ1) is 21.5. The average molecular weight is 448 g/mol. The Morgan fingerprint density at radius 3 is 3.03 bits per heavy atom. The van der Waals surface area contributed by atoms with Gasteiger partial charge in [0.15, 0.2) is 12.0 Å². The molecule has 1 atom stereocenters. The van der Waals surface area contributed by atoms with Crippen molar-refractivity contribution in [1.29, 1.82) is 0 Å². The van der Waals surface area contributed by atoms with Gasteiger partial charge in [-0.1, -0.05) is 17.7 Å². The molecule has 1 amide bonds. The van der Waals surface area contributed by atoms with E-state index in [-0.39, 0.29) is 24.0 Å². The van der Waals surface area contributed by atoms with Crippen LogP contribution in [0, 0.1) is 0 Å². The molecule has 0 fully saturated rings. The number of carbonyl (C=O) groups excluding carboxylic acids is 1. The molecule has 1 unspecified atom stereocenters. The maximum atomic E-state index is 15.1. The summed E-state index contributed by atoms with van der Waals surface area (Å²) < 4.78 is 20.9. The molecule has 0 radical (unpaired) electrons. The number of allylic oxidation sites excluding steroid dienone is 2. The van der Waals surface area contributed by atoms with Gasteiger partial charge < -0.3 is 15.4 Å². The second-order valence-corrected chi connectivity index (χ2v) is 7.57. The van der Waals surface area contributed by atoms with Crippen molar-refractivity contribution < 1.29 is 18.8 Å². The molecule has 4 rings (SSSR count). The smallest absolute Gasteiger partial charge is 0.233 e. The van der Waals surface area contributed by atoms with Crippen LogP contribution in [0.4, 0.5) is 10.2 Å². The third kappa shape index (κ3) is 4.63. The molecule has 0 saturated heterocycles. The summed E-state index contributed by atoms with van der Waals surface area (Å²) in [7, 11) is 1.49. The number of carbonyl (C=O) groups is 1. The van der Waals surface area contributed by atoms with Gasteiger partial charge in [0.2, 0.25) is 5.91 Å². The molecule has 2 bridgehead atoms. The molecule has 1 aliphatic carbocycles. The number of halogens is 2. The van der Waals surface area contributed by atoms with E-state index in [0.29, 0.717) is 59.7 Å². The van der Waals surface area contributed by atoms with Crippen LogP contribution in [0.5, 0.6) is 5.75 Å². The Bertz CT molecular complexity index is 1040. The van der Waals surface area contributed by atoms with Crippen molar-refractivity contribution in [3.05, 3.63) is 46.9 Å². The minimum atomic E-state index is -1.51. The van der Waals surface area contributed by atoms with Gasteiger partial charge >= 0.3 is 0 Å². The Morgan fingerprint density at radius 1 is 1.32 bits per heavy atom. The van der Waals surface area contributed by atoms with Gasteiger partial charge in [0.05, 0.1) is 36.5 Å².